The summed E-state index contributed by atoms with van der Waals surface area (Å²) < 4.78 is 33.0. The average molecular weight is 457 g/mol. The van der Waals surface area contributed by atoms with E-state index in [-0.39, 0.29) is 17.9 Å². The van der Waals surface area contributed by atoms with Gasteiger partial charge in [-0.3, -0.25) is 4.79 Å². The van der Waals surface area contributed by atoms with Crippen LogP contribution in [0.25, 0.3) is 0 Å². The summed E-state index contributed by atoms with van der Waals surface area (Å²) in [5.74, 6) is 0.880. The van der Waals surface area contributed by atoms with Crippen LogP contribution in [0.1, 0.15) is 49.8 Å². The molecule has 0 bridgehead atoms. The summed E-state index contributed by atoms with van der Waals surface area (Å²) in [6.45, 7) is 6.06. The molecule has 2 aliphatic rings. The molecular weight excluding hydrogens is 424 g/mol. The van der Waals surface area contributed by atoms with E-state index in [4.69, 9.17) is 4.74 Å². The highest BCUT2D eigenvalue weighted by Gasteiger charge is 2.37. The highest BCUT2D eigenvalue weighted by Crippen LogP contribution is 2.35. The maximum absolute atomic E-state index is 13.4. The zero-order valence-corrected chi connectivity index (χ0v) is 19.7. The van der Waals surface area contributed by atoms with Gasteiger partial charge >= 0.3 is 0 Å². The minimum atomic E-state index is -3.51. The fourth-order valence-corrected chi connectivity index (χ4v) is 6.24. The second kappa shape index (κ2) is 9.63. The van der Waals surface area contributed by atoms with Gasteiger partial charge in [0.05, 0.1) is 17.5 Å². The maximum atomic E-state index is 13.4. The zero-order chi connectivity index (χ0) is 22.7. The number of amides is 1. The molecule has 2 fully saturated rings. The van der Waals surface area contributed by atoms with Gasteiger partial charge in [-0.25, -0.2) is 8.42 Å². The van der Waals surface area contributed by atoms with Crippen LogP contribution >= 0.6 is 0 Å². The third-order valence-electron chi connectivity index (χ3n) is 6.57. The van der Waals surface area contributed by atoms with Crippen LogP contribution in [0, 0.1) is 12.8 Å². The molecule has 7 heteroatoms. The fraction of sp³-hybridized carbons (Fsp3) is 0.480. The molecule has 2 aromatic rings. The predicted octanol–water partition coefficient (Wildman–Crippen LogP) is 4.16. The zero-order valence-electron chi connectivity index (χ0n) is 18.9. The van der Waals surface area contributed by atoms with Gasteiger partial charge in [-0.05, 0) is 69.4 Å². The predicted molar refractivity (Wildman–Crippen MR) is 124 cm³/mol. The first-order valence-electron chi connectivity index (χ1n) is 11.5. The van der Waals surface area contributed by atoms with Crippen LogP contribution in [-0.2, 0) is 14.8 Å². The van der Waals surface area contributed by atoms with Crippen LogP contribution < -0.4 is 4.74 Å². The lowest BCUT2D eigenvalue weighted by Crippen LogP contribution is -2.44. The minimum absolute atomic E-state index is 0.0903. The first kappa shape index (κ1) is 22.8. The molecule has 2 heterocycles. The maximum Gasteiger partial charge on any atom is 0.243 e. The monoisotopic (exact) mass is 456 g/mol. The number of hydrogen-bond donors (Lipinski definition) is 0. The van der Waals surface area contributed by atoms with E-state index < -0.39 is 10.0 Å². The number of carbonyl (C=O) groups is 1. The molecule has 1 unspecified atom stereocenters. The normalized spacial score (nSPS) is 20.4. The molecule has 32 heavy (non-hydrogen) atoms. The van der Waals surface area contributed by atoms with Crippen molar-refractivity contribution in [3.05, 3.63) is 59.7 Å². The van der Waals surface area contributed by atoms with Crippen molar-refractivity contribution >= 4 is 15.9 Å². The number of likely N-dealkylation sites (tertiary alicyclic amines) is 1. The Hall–Kier alpha value is -2.38. The SMILES string of the molecule is CCOc1ccc(C2CCCN2C(=O)C2CCN(S(=O)(=O)c3ccc(C)cc3)CC2)cc1. The van der Waals surface area contributed by atoms with Crippen LogP contribution in [0.5, 0.6) is 5.75 Å². The number of hydrogen-bond acceptors (Lipinski definition) is 4. The number of sulfonamides is 1. The van der Waals surface area contributed by atoms with E-state index in [9.17, 15) is 13.2 Å². The van der Waals surface area contributed by atoms with Gasteiger partial charge in [-0.15, -0.1) is 0 Å². The Bertz CT molecular complexity index is 1030. The fourth-order valence-electron chi connectivity index (χ4n) is 4.77. The Morgan fingerprint density at radius 3 is 2.25 bits per heavy atom. The van der Waals surface area contributed by atoms with Crippen LogP contribution in [0.15, 0.2) is 53.4 Å². The second-order valence-corrected chi connectivity index (χ2v) is 10.6. The van der Waals surface area contributed by atoms with Gasteiger partial charge in [0, 0.05) is 25.6 Å². The summed E-state index contributed by atoms with van der Waals surface area (Å²) in [6, 6.07) is 15.1. The van der Waals surface area contributed by atoms with Crippen LogP contribution in [0.3, 0.4) is 0 Å². The number of carbonyl (C=O) groups excluding carboxylic acids is 1. The number of rotatable bonds is 6. The van der Waals surface area contributed by atoms with Gasteiger partial charge in [-0.1, -0.05) is 29.8 Å². The standard InChI is InChI=1S/C25H32N2O4S/c1-3-31-22-10-8-20(9-11-22)24-5-4-16-27(24)25(28)21-14-17-26(18-15-21)32(29,30)23-12-6-19(2)7-13-23/h6-13,21,24H,3-5,14-18H2,1-2H3. The van der Waals surface area contributed by atoms with E-state index >= 15 is 0 Å². The first-order chi connectivity index (χ1) is 15.4. The van der Waals surface area contributed by atoms with Crippen molar-refractivity contribution in [3.8, 4) is 5.75 Å². The third kappa shape index (κ3) is 4.69. The molecule has 0 aliphatic carbocycles. The lowest BCUT2D eigenvalue weighted by atomic mass is 9.95. The Morgan fingerprint density at radius 2 is 1.62 bits per heavy atom. The van der Waals surface area contributed by atoms with Gasteiger partial charge in [-0.2, -0.15) is 4.31 Å². The van der Waals surface area contributed by atoms with Crippen LogP contribution in [0.2, 0.25) is 0 Å². The van der Waals surface area contributed by atoms with Crippen molar-refractivity contribution in [1.29, 1.82) is 0 Å². The summed E-state index contributed by atoms with van der Waals surface area (Å²) in [4.78, 5) is 15.7. The lowest BCUT2D eigenvalue weighted by molar-refractivity contribution is -0.137. The molecule has 0 N–H and O–H groups in total. The molecule has 1 amide bonds. The molecule has 0 aromatic heterocycles. The summed E-state index contributed by atoms with van der Waals surface area (Å²) in [7, 11) is -3.51. The van der Waals surface area contributed by atoms with Crippen molar-refractivity contribution in [1.82, 2.24) is 9.21 Å². The minimum Gasteiger partial charge on any atom is -0.494 e. The van der Waals surface area contributed by atoms with E-state index in [1.54, 1.807) is 12.1 Å². The topological polar surface area (TPSA) is 66.9 Å². The van der Waals surface area contributed by atoms with Gasteiger partial charge in [0.1, 0.15) is 5.75 Å². The van der Waals surface area contributed by atoms with Crippen molar-refractivity contribution in [2.24, 2.45) is 5.92 Å². The van der Waals surface area contributed by atoms with Crippen molar-refractivity contribution in [3.63, 3.8) is 0 Å². The molecule has 4 rings (SSSR count). The lowest BCUT2D eigenvalue weighted by Gasteiger charge is -2.34. The molecule has 0 spiro atoms. The Morgan fingerprint density at radius 1 is 0.969 bits per heavy atom. The van der Waals surface area contributed by atoms with Crippen LogP contribution in [-0.4, -0.2) is 49.8 Å². The molecular formula is C25H32N2O4S. The van der Waals surface area contributed by atoms with E-state index in [1.165, 1.54) is 4.31 Å². The smallest absolute Gasteiger partial charge is 0.243 e. The molecule has 0 radical (unpaired) electrons. The van der Waals surface area contributed by atoms with Crippen LogP contribution in [0.4, 0.5) is 0 Å². The highest BCUT2D eigenvalue weighted by molar-refractivity contribution is 7.89. The molecule has 0 saturated carbocycles. The average Bonchev–Trinajstić information content (AvgIpc) is 3.30. The largest absolute Gasteiger partial charge is 0.494 e. The second-order valence-electron chi connectivity index (χ2n) is 8.68. The number of aryl methyl sites for hydroxylation is 1. The van der Waals surface area contributed by atoms with Gasteiger partial charge in [0.2, 0.25) is 15.9 Å². The van der Waals surface area contributed by atoms with Gasteiger partial charge in [0.25, 0.3) is 0 Å². The quantitative estimate of drug-likeness (QED) is 0.655. The molecule has 1 atom stereocenters. The molecule has 172 valence electrons. The number of piperidine rings is 1. The van der Waals surface area contributed by atoms with Crippen molar-refractivity contribution < 1.29 is 17.9 Å². The highest BCUT2D eigenvalue weighted by atomic mass is 32.2. The first-order valence-corrected chi connectivity index (χ1v) is 12.9. The molecule has 2 aliphatic heterocycles. The van der Waals surface area contributed by atoms with E-state index in [1.807, 2.05) is 43.0 Å². The molecule has 6 nitrogen and oxygen atoms in total. The van der Waals surface area contributed by atoms with E-state index in [0.29, 0.717) is 37.4 Å². The van der Waals surface area contributed by atoms with Crippen molar-refractivity contribution in [2.45, 2.75) is 50.5 Å². The van der Waals surface area contributed by atoms with E-state index in [2.05, 4.69) is 12.1 Å². The van der Waals surface area contributed by atoms with Crippen molar-refractivity contribution in [2.75, 3.05) is 26.2 Å². The Balaban J connectivity index is 1.39. The number of ether oxygens (including phenoxy) is 1. The Kier molecular flexibility index (Phi) is 6.86. The third-order valence-corrected chi connectivity index (χ3v) is 8.49. The Labute approximate surface area is 191 Å². The van der Waals surface area contributed by atoms with Gasteiger partial charge < -0.3 is 9.64 Å². The van der Waals surface area contributed by atoms with E-state index in [0.717, 1.165) is 36.3 Å². The number of nitrogens with zero attached hydrogens (tertiary/aromatic N) is 2. The molecule has 2 saturated heterocycles. The summed E-state index contributed by atoms with van der Waals surface area (Å²) in [5, 5.41) is 0. The van der Waals surface area contributed by atoms with Gasteiger partial charge in [0.15, 0.2) is 0 Å². The summed E-state index contributed by atoms with van der Waals surface area (Å²) >= 11 is 0. The summed E-state index contributed by atoms with van der Waals surface area (Å²) in [6.07, 6.45) is 3.08. The number of benzene rings is 2. The molecule has 2 aromatic carbocycles. The summed E-state index contributed by atoms with van der Waals surface area (Å²) in [5.41, 5.74) is 2.17.